The van der Waals surface area contributed by atoms with Crippen molar-refractivity contribution in [1.82, 2.24) is 30.0 Å². The van der Waals surface area contributed by atoms with Crippen molar-refractivity contribution in [2.45, 2.75) is 25.3 Å². The van der Waals surface area contributed by atoms with Crippen LogP contribution in [0, 0.1) is 0 Å². The zero-order valence-electron chi connectivity index (χ0n) is 9.85. The topological polar surface area (TPSA) is 71.4 Å². The molecule has 1 aliphatic heterocycles. The van der Waals surface area contributed by atoms with Gasteiger partial charge < -0.3 is 9.88 Å². The average molecular weight is 232 g/mol. The maximum Gasteiger partial charge on any atom is 0.167 e. The summed E-state index contributed by atoms with van der Waals surface area (Å²) in [4.78, 5) is 8.80. The van der Waals surface area contributed by atoms with Gasteiger partial charge in [0.05, 0.1) is 12.5 Å². The van der Waals surface area contributed by atoms with E-state index < -0.39 is 0 Å². The molecule has 1 unspecified atom stereocenters. The van der Waals surface area contributed by atoms with Crippen molar-refractivity contribution in [2.75, 3.05) is 6.54 Å². The summed E-state index contributed by atoms with van der Waals surface area (Å²) in [6.07, 6.45) is 6.76. The second-order valence-electron chi connectivity index (χ2n) is 4.42. The Bertz CT molecular complexity index is 494. The molecular formula is C11H16N6. The molecule has 2 N–H and O–H groups in total. The van der Waals surface area contributed by atoms with E-state index in [2.05, 4.69) is 25.5 Å². The fourth-order valence-electron chi connectivity index (χ4n) is 2.17. The second kappa shape index (κ2) is 4.29. The fraction of sp³-hybridized carbons (Fsp3) is 0.545. The lowest BCUT2D eigenvalue weighted by Gasteiger charge is -2.02. The molecule has 2 aromatic heterocycles. The summed E-state index contributed by atoms with van der Waals surface area (Å²) >= 11 is 0. The molecule has 6 nitrogen and oxygen atoms in total. The van der Waals surface area contributed by atoms with Crippen LogP contribution in [0.4, 0.5) is 0 Å². The zero-order valence-corrected chi connectivity index (χ0v) is 9.85. The lowest BCUT2D eigenvalue weighted by molar-refractivity contribution is 0.607. The van der Waals surface area contributed by atoms with Gasteiger partial charge in [-0.1, -0.05) is 0 Å². The van der Waals surface area contributed by atoms with Gasteiger partial charge in [-0.15, -0.1) is 0 Å². The molecule has 3 heterocycles. The largest absolute Gasteiger partial charge is 0.338 e. The number of aryl methyl sites for hydroxylation is 1. The van der Waals surface area contributed by atoms with Gasteiger partial charge in [0.2, 0.25) is 0 Å². The molecule has 1 aliphatic rings. The molecule has 0 aliphatic carbocycles. The van der Waals surface area contributed by atoms with Crippen molar-refractivity contribution in [3.05, 3.63) is 29.9 Å². The molecule has 1 fully saturated rings. The SMILES string of the molecule is Cn1ccnc1Cc1nc(C2CCCN2)n[nH]1. The Morgan fingerprint density at radius 1 is 1.53 bits per heavy atom. The first-order chi connectivity index (χ1) is 8.33. The number of aromatic amines is 1. The molecule has 90 valence electrons. The molecule has 17 heavy (non-hydrogen) atoms. The Hall–Kier alpha value is -1.69. The third-order valence-electron chi connectivity index (χ3n) is 3.17. The third-order valence-corrected chi connectivity index (χ3v) is 3.17. The number of hydrogen-bond donors (Lipinski definition) is 2. The Kier molecular flexibility index (Phi) is 2.64. The monoisotopic (exact) mass is 232 g/mol. The minimum absolute atomic E-state index is 0.321. The highest BCUT2D eigenvalue weighted by Gasteiger charge is 2.20. The highest BCUT2D eigenvalue weighted by molar-refractivity contribution is 5.05. The molecule has 0 spiro atoms. The van der Waals surface area contributed by atoms with Crippen molar-refractivity contribution in [2.24, 2.45) is 7.05 Å². The first-order valence-corrected chi connectivity index (χ1v) is 5.93. The molecule has 3 rings (SSSR count). The van der Waals surface area contributed by atoms with Crippen molar-refractivity contribution in [1.29, 1.82) is 0 Å². The van der Waals surface area contributed by atoms with Crippen LogP contribution >= 0.6 is 0 Å². The van der Waals surface area contributed by atoms with Crippen LogP contribution in [0.1, 0.15) is 36.4 Å². The van der Waals surface area contributed by atoms with Crippen LogP contribution < -0.4 is 5.32 Å². The van der Waals surface area contributed by atoms with Gasteiger partial charge in [-0.25, -0.2) is 9.97 Å². The number of aromatic nitrogens is 5. The summed E-state index contributed by atoms with van der Waals surface area (Å²) < 4.78 is 2.00. The summed E-state index contributed by atoms with van der Waals surface area (Å²) in [5, 5.41) is 10.7. The molecule has 0 saturated carbocycles. The van der Waals surface area contributed by atoms with Gasteiger partial charge in [0.25, 0.3) is 0 Å². The number of hydrogen-bond acceptors (Lipinski definition) is 4. The standard InChI is InChI=1S/C11H16N6/c1-17-6-5-13-10(17)7-9-14-11(16-15-9)8-3-2-4-12-8/h5-6,8,12H,2-4,7H2,1H3,(H,14,15,16). The van der Waals surface area contributed by atoms with E-state index in [9.17, 15) is 0 Å². The Labute approximate surface area is 99.5 Å². The van der Waals surface area contributed by atoms with Gasteiger partial charge in [0.1, 0.15) is 11.6 Å². The first kappa shape index (κ1) is 10.5. The van der Waals surface area contributed by atoms with Gasteiger partial charge in [0.15, 0.2) is 5.82 Å². The van der Waals surface area contributed by atoms with Crippen molar-refractivity contribution in [3.8, 4) is 0 Å². The number of rotatable bonds is 3. The van der Waals surface area contributed by atoms with Gasteiger partial charge in [-0.05, 0) is 19.4 Å². The fourth-order valence-corrected chi connectivity index (χ4v) is 2.17. The molecule has 1 saturated heterocycles. The number of H-pyrrole nitrogens is 1. The summed E-state index contributed by atoms with van der Waals surface area (Å²) in [6.45, 7) is 1.06. The third kappa shape index (κ3) is 2.08. The molecule has 0 aromatic carbocycles. The minimum atomic E-state index is 0.321. The predicted octanol–water partition coefficient (Wildman–Crippen LogP) is 0.553. The van der Waals surface area contributed by atoms with Crippen molar-refractivity contribution in [3.63, 3.8) is 0 Å². The van der Waals surface area contributed by atoms with Crippen LogP contribution in [-0.2, 0) is 13.5 Å². The maximum absolute atomic E-state index is 4.53. The normalized spacial score (nSPS) is 19.9. The highest BCUT2D eigenvalue weighted by Crippen LogP contribution is 2.19. The molecule has 0 amide bonds. The van der Waals surface area contributed by atoms with Crippen LogP contribution in [0.3, 0.4) is 0 Å². The van der Waals surface area contributed by atoms with E-state index in [1.807, 2.05) is 17.8 Å². The quantitative estimate of drug-likeness (QED) is 0.811. The molecule has 0 radical (unpaired) electrons. The first-order valence-electron chi connectivity index (χ1n) is 5.93. The van der Waals surface area contributed by atoms with Gasteiger partial charge in [-0.3, -0.25) is 5.10 Å². The van der Waals surface area contributed by atoms with E-state index in [0.717, 1.165) is 30.4 Å². The molecule has 2 aromatic rings. The zero-order chi connectivity index (χ0) is 11.7. The Balaban J connectivity index is 1.74. The number of imidazole rings is 1. The average Bonchev–Trinajstić information content (AvgIpc) is 3.02. The van der Waals surface area contributed by atoms with E-state index in [4.69, 9.17) is 0 Å². The second-order valence-corrected chi connectivity index (χ2v) is 4.42. The lowest BCUT2D eigenvalue weighted by atomic mass is 10.2. The Morgan fingerprint density at radius 2 is 2.47 bits per heavy atom. The van der Waals surface area contributed by atoms with E-state index >= 15 is 0 Å². The maximum atomic E-state index is 4.53. The summed E-state index contributed by atoms with van der Waals surface area (Å²) in [6, 6.07) is 0.321. The van der Waals surface area contributed by atoms with Gasteiger partial charge >= 0.3 is 0 Å². The van der Waals surface area contributed by atoms with Crippen molar-refractivity contribution >= 4 is 0 Å². The van der Waals surface area contributed by atoms with Gasteiger partial charge in [0, 0.05) is 19.4 Å². The Morgan fingerprint density at radius 3 is 3.18 bits per heavy atom. The summed E-state index contributed by atoms with van der Waals surface area (Å²) in [7, 11) is 1.98. The van der Waals surface area contributed by atoms with Crippen LogP contribution in [-0.4, -0.2) is 31.3 Å². The smallest absolute Gasteiger partial charge is 0.167 e. The predicted molar refractivity (Wildman–Crippen MR) is 62.4 cm³/mol. The van der Waals surface area contributed by atoms with E-state index in [1.165, 1.54) is 6.42 Å². The molecule has 6 heteroatoms. The van der Waals surface area contributed by atoms with Crippen LogP contribution in [0.2, 0.25) is 0 Å². The van der Waals surface area contributed by atoms with E-state index in [-0.39, 0.29) is 0 Å². The summed E-state index contributed by atoms with van der Waals surface area (Å²) in [5.74, 6) is 2.75. The minimum Gasteiger partial charge on any atom is -0.338 e. The number of nitrogens with one attached hydrogen (secondary N) is 2. The summed E-state index contributed by atoms with van der Waals surface area (Å²) in [5.41, 5.74) is 0. The van der Waals surface area contributed by atoms with Crippen LogP contribution in [0.15, 0.2) is 12.4 Å². The van der Waals surface area contributed by atoms with E-state index in [0.29, 0.717) is 12.5 Å². The lowest BCUT2D eigenvalue weighted by Crippen LogP contribution is -2.14. The van der Waals surface area contributed by atoms with Crippen molar-refractivity contribution < 1.29 is 0 Å². The number of nitrogens with zero attached hydrogens (tertiary/aromatic N) is 4. The van der Waals surface area contributed by atoms with Crippen LogP contribution in [0.5, 0.6) is 0 Å². The molecule has 0 bridgehead atoms. The van der Waals surface area contributed by atoms with E-state index in [1.54, 1.807) is 6.20 Å². The highest BCUT2D eigenvalue weighted by atomic mass is 15.2. The molecule has 1 atom stereocenters. The van der Waals surface area contributed by atoms with Crippen LogP contribution in [0.25, 0.3) is 0 Å². The molecular weight excluding hydrogens is 216 g/mol. The van der Waals surface area contributed by atoms with Gasteiger partial charge in [-0.2, -0.15) is 5.10 Å².